The average Bonchev–Trinajstić information content (AvgIpc) is 2.40. The van der Waals surface area contributed by atoms with Gasteiger partial charge in [-0.2, -0.15) is 5.26 Å². The van der Waals surface area contributed by atoms with E-state index in [1.807, 2.05) is 22.6 Å². The van der Waals surface area contributed by atoms with Crippen LogP contribution in [-0.2, 0) is 0 Å². The summed E-state index contributed by atoms with van der Waals surface area (Å²) in [5.74, 6) is -0.330. The zero-order valence-corrected chi connectivity index (χ0v) is 11.9. The highest BCUT2D eigenvalue weighted by molar-refractivity contribution is 14.1. The number of rotatable bonds is 2. The van der Waals surface area contributed by atoms with E-state index in [2.05, 4.69) is 11.1 Å². The molecule has 2 N–H and O–H groups in total. The zero-order chi connectivity index (χ0) is 13.8. The maximum atomic E-state index is 13.1. The van der Waals surface area contributed by atoms with Crippen molar-refractivity contribution >= 4 is 33.9 Å². The Balaban J connectivity index is 2.59. The second-order valence-corrected chi connectivity index (χ2v) is 4.92. The van der Waals surface area contributed by atoms with Crippen LogP contribution in [0.2, 0.25) is 0 Å². The number of aromatic nitrogens is 1. The molecule has 0 aliphatic heterocycles. The second kappa shape index (κ2) is 5.80. The molecule has 0 radical (unpaired) electrons. The Kier molecular flexibility index (Phi) is 4.12. The van der Waals surface area contributed by atoms with Gasteiger partial charge in [0.15, 0.2) is 0 Å². The highest BCUT2D eigenvalue weighted by Gasteiger charge is 2.11. The maximum absolute atomic E-state index is 13.1. The van der Waals surface area contributed by atoms with Crippen LogP contribution in [0.3, 0.4) is 0 Å². The molecule has 0 amide bonds. The van der Waals surface area contributed by atoms with Gasteiger partial charge in [-0.25, -0.2) is 4.39 Å². The van der Waals surface area contributed by atoms with Crippen molar-refractivity contribution in [3.63, 3.8) is 0 Å². The molecule has 0 spiro atoms. The highest BCUT2D eigenvalue weighted by Crippen LogP contribution is 2.25. The fraction of sp³-hybridized carbons (Fsp3) is 0. The summed E-state index contributed by atoms with van der Waals surface area (Å²) in [6, 6.07) is 9.79. The standard InChI is InChI=1S/C14H9FIN3/c15-10-1-2-11(13(16)7-10)14(18)12(8-17)9-3-5-19-6-4-9/h1-7H,18H2/b14-12-. The van der Waals surface area contributed by atoms with Crippen molar-refractivity contribution in [1.29, 1.82) is 5.26 Å². The van der Waals surface area contributed by atoms with Crippen LogP contribution in [0.1, 0.15) is 11.1 Å². The Labute approximate surface area is 123 Å². The molecule has 2 aromatic rings. The highest BCUT2D eigenvalue weighted by atomic mass is 127. The number of pyridine rings is 1. The number of halogens is 2. The molecule has 0 atom stereocenters. The molecular formula is C14H9FIN3. The molecule has 94 valence electrons. The fourth-order valence-corrected chi connectivity index (χ4v) is 2.41. The Bertz CT molecular complexity index is 675. The summed E-state index contributed by atoms with van der Waals surface area (Å²) in [4.78, 5) is 3.90. The molecule has 0 saturated carbocycles. The molecule has 5 heteroatoms. The number of benzene rings is 1. The topological polar surface area (TPSA) is 62.7 Å². The van der Waals surface area contributed by atoms with E-state index in [0.29, 0.717) is 26.0 Å². The van der Waals surface area contributed by atoms with Gasteiger partial charge in [0.25, 0.3) is 0 Å². The lowest BCUT2D eigenvalue weighted by Gasteiger charge is -2.08. The van der Waals surface area contributed by atoms with Crippen molar-refractivity contribution in [1.82, 2.24) is 4.98 Å². The van der Waals surface area contributed by atoms with Crippen LogP contribution in [0.15, 0.2) is 42.7 Å². The van der Waals surface area contributed by atoms with Crippen molar-refractivity contribution < 1.29 is 4.39 Å². The Hall–Kier alpha value is -1.94. The van der Waals surface area contributed by atoms with Crippen LogP contribution in [0.4, 0.5) is 4.39 Å². The molecule has 0 aliphatic rings. The third kappa shape index (κ3) is 2.90. The summed E-state index contributed by atoms with van der Waals surface area (Å²) >= 11 is 1.99. The number of nitrogens with two attached hydrogens (primary N) is 1. The van der Waals surface area contributed by atoms with E-state index < -0.39 is 0 Å². The monoisotopic (exact) mass is 365 g/mol. The molecule has 0 unspecified atom stereocenters. The van der Waals surface area contributed by atoms with Crippen molar-refractivity contribution in [2.24, 2.45) is 5.73 Å². The lowest BCUT2D eigenvalue weighted by Crippen LogP contribution is -2.03. The molecular weight excluding hydrogens is 356 g/mol. The Morgan fingerprint density at radius 1 is 1.26 bits per heavy atom. The Morgan fingerprint density at radius 3 is 2.53 bits per heavy atom. The number of hydrogen-bond donors (Lipinski definition) is 1. The number of allylic oxidation sites excluding steroid dienone is 1. The number of nitrogens with zero attached hydrogens (tertiary/aromatic N) is 2. The quantitative estimate of drug-likeness (QED) is 0.657. The van der Waals surface area contributed by atoms with E-state index >= 15 is 0 Å². The molecule has 2 rings (SSSR count). The summed E-state index contributed by atoms with van der Waals surface area (Å²) < 4.78 is 13.7. The van der Waals surface area contributed by atoms with Gasteiger partial charge in [0.05, 0.1) is 11.3 Å². The number of nitriles is 1. The van der Waals surface area contributed by atoms with Crippen molar-refractivity contribution in [3.05, 3.63) is 63.2 Å². The van der Waals surface area contributed by atoms with E-state index in [0.717, 1.165) is 0 Å². The molecule has 0 fully saturated rings. The Morgan fingerprint density at radius 2 is 1.95 bits per heavy atom. The van der Waals surface area contributed by atoms with Crippen LogP contribution in [-0.4, -0.2) is 4.98 Å². The number of hydrogen-bond acceptors (Lipinski definition) is 3. The summed E-state index contributed by atoms with van der Waals surface area (Å²) in [6.45, 7) is 0. The minimum Gasteiger partial charge on any atom is -0.397 e. The summed E-state index contributed by atoms with van der Waals surface area (Å²) in [5.41, 5.74) is 8.07. The molecule has 0 aliphatic carbocycles. The van der Waals surface area contributed by atoms with E-state index in [1.165, 1.54) is 12.1 Å². The van der Waals surface area contributed by atoms with Gasteiger partial charge in [-0.05, 0) is 58.5 Å². The first-order valence-electron chi connectivity index (χ1n) is 5.39. The van der Waals surface area contributed by atoms with Crippen LogP contribution in [0.5, 0.6) is 0 Å². The first-order chi connectivity index (χ1) is 9.13. The van der Waals surface area contributed by atoms with Crippen LogP contribution >= 0.6 is 22.6 Å². The van der Waals surface area contributed by atoms with Gasteiger partial charge in [0.2, 0.25) is 0 Å². The molecule has 1 heterocycles. The summed E-state index contributed by atoms with van der Waals surface area (Å²) in [7, 11) is 0. The predicted octanol–water partition coefficient (Wildman–Crippen LogP) is 3.18. The maximum Gasteiger partial charge on any atom is 0.124 e. The summed E-state index contributed by atoms with van der Waals surface area (Å²) in [6.07, 6.45) is 3.19. The molecule has 1 aromatic carbocycles. The van der Waals surface area contributed by atoms with Crippen LogP contribution in [0, 0.1) is 20.7 Å². The van der Waals surface area contributed by atoms with Crippen molar-refractivity contribution in [2.75, 3.05) is 0 Å². The fourth-order valence-electron chi connectivity index (χ4n) is 1.64. The first-order valence-corrected chi connectivity index (χ1v) is 6.47. The normalized spacial score (nSPS) is 11.6. The third-order valence-electron chi connectivity index (χ3n) is 2.57. The minimum absolute atomic E-state index is 0.330. The minimum atomic E-state index is -0.330. The predicted molar refractivity (Wildman–Crippen MR) is 80.0 cm³/mol. The van der Waals surface area contributed by atoms with Crippen LogP contribution in [0.25, 0.3) is 11.3 Å². The molecule has 0 bridgehead atoms. The van der Waals surface area contributed by atoms with Gasteiger partial charge < -0.3 is 5.73 Å². The van der Waals surface area contributed by atoms with E-state index in [1.54, 1.807) is 30.6 Å². The van der Waals surface area contributed by atoms with Crippen molar-refractivity contribution in [2.45, 2.75) is 0 Å². The van der Waals surface area contributed by atoms with Gasteiger partial charge in [-0.15, -0.1) is 0 Å². The average molecular weight is 365 g/mol. The smallest absolute Gasteiger partial charge is 0.124 e. The van der Waals surface area contributed by atoms with Crippen molar-refractivity contribution in [3.8, 4) is 6.07 Å². The SMILES string of the molecule is N#C/C(=C(/N)c1ccc(F)cc1I)c1ccncc1. The largest absolute Gasteiger partial charge is 0.397 e. The first kappa shape index (κ1) is 13.5. The lowest BCUT2D eigenvalue weighted by molar-refractivity contribution is 0.626. The lowest BCUT2D eigenvalue weighted by atomic mass is 10.0. The molecule has 3 nitrogen and oxygen atoms in total. The summed E-state index contributed by atoms with van der Waals surface area (Å²) in [5, 5.41) is 9.27. The van der Waals surface area contributed by atoms with E-state index in [4.69, 9.17) is 5.73 Å². The van der Waals surface area contributed by atoms with Gasteiger partial charge in [-0.3, -0.25) is 4.98 Å². The van der Waals surface area contributed by atoms with Gasteiger partial charge in [0, 0.05) is 21.5 Å². The molecule has 1 aromatic heterocycles. The van der Waals surface area contributed by atoms with Gasteiger partial charge in [-0.1, -0.05) is 0 Å². The van der Waals surface area contributed by atoms with E-state index in [-0.39, 0.29) is 5.82 Å². The van der Waals surface area contributed by atoms with Gasteiger partial charge in [0.1, 0.15) is 11.9 Å². The zero-order valence-electron chi connectivity index (χ0n) is 9.77. The second-order valence-electron chi connectivity index (χ2n) is 3.76. The van der Waals surface area contributed by atoms with E-state index in [9.17, 15) is 9.65 Å². The molecule has 19 heavy (non-hydrogen) atoms. The van der Waals surface area contributed by atoms with Gasteiger partial charge >= 0.3 is 0 Å². The van der Waals surface area contributed by atoms with Crippen LogP contribution < -0.4 is 5.73 Å². The third-order valence-corrected chi connectivity index (χ3v) is 3.46. The molecule has 0 saturated heterocycles.